The van der Waals surface area contributed by atoms with Gasteiger partial charge in [-0.2, -0.15) is 0 Å². The van der Waals surface area contributed by atoms with Crippen LogP contribution in [-0.2, 0) is 14.3 Å². The largest absolute Gasteiger partial charge is 0.477 e. The molecule has 0 radical (unpaired) electrons. The number of piperidine rings is 1. The molecular weight excluding hydrogens is 322 g/mol. The fourth-order valence-electron chi connectivity index (χ4n) is 3.26. The number of likely N-dealkylation sites (tertiary alicyclic amines) is 1. The van der Waals surface area contributed by atoms with Crippen molar-refractivity contribution in [3.63, 3.8) is 0 Å². The van der Waals surface area contributed by atoms with Crippen molar-refractivity contribution in [1.82, 2.24) is 14.9 Å². The molecule has 0 aliphatic carbocycles. The van der Waals surface area contributed by atoms with Crippen LogP contribution in [0.4, 0.5) is 0 Å². The van der Waals surface area contributed by atoms with Crippen LogP contribution in [0.1, 0.15) is 24.8 Å². The third-order valence-corrected chi connectivity index (χ3v) is 4.50. The molecule has 0 saturated carbocycles. The maximum atomic E-state index is 12.6. The second-order valence-corrected chi connectivity index (χ2v) is 6.12. The van der Waals surface area contributed by atoms with Crippen LogP contribution in [0.25, 0.3) is 17.1 Å². The summed E-state index contributed by atoms with van der Waals surface area (Å²) >= 11 is 0. The Labute approximate surface area is 143 Å². The van der Waals surface area contributed by atoms with Gasteiger partial charge in [-0.15, -0.1) is 0 Å². The molecule has 4 heterocycles. The minimum absolute atomic E-state index is 0.0303. The lowest BCUT2D eigenvalue weighted by molar-refractivity contribution is -0.134. The summed E-state index contributed by atoms with van der Waals surface area (Å²) in [5.74, 6) is -1.65. The number of carboxylic acid groups (broad SMARTS) is 1. The van der Waals surface area contributed by atoms with Crippen molar-refractivity contribution in [3.05, 3.63) is 47.3 Å². The summed E-state index contributed by atoms with van der Waals surface area (Å²) in [7, 11) is 0. The van der Waals surface area contributed by atoms with Crippen molar-refractivity contribution in [3.8, 4) is 0 Å². The maximum absolute atomic E-state index is 12.6. The minimum Gasteiger partial charge on any atom is -0.477 e. The minimum atomic E-state index is -1.26. The highest BCUT2D eigenvalue weighted by atomic mass is 16.5. The maximum Gasteiger partial charge on any atom is 0.345 e. The van der Waals surface area contributed by atoms with E-state index < -0.39 is 11.8 Å². The van der Waals surface area contributed by atoms with Crippen molar-refractivity contribution in [2.45, 2.75) is 19.3 Å². The number of aliphatic carboxylic acids is 1. The second kappa shape index (κ2) is 6.08. The van der Waals surface area contributed by atoms with Crippen molar-refractivity contribution in [2.24, 2.45) is 0 Å². The van der Waals surface area contributed by atoms with Gasteiger partial charge in [-0.3, -0.25) is 4.79 Å². The van der Waals surface area contributed by atoms with Gasteiger partial charge in [0.15, 0.2) is 11.3 Å². The number of allylic oxidation sites excluding steroid dienone is 1. The average molecular weight is 339 g/mol. The molecule has 4 rings (SSSR count). The Kier molecular flexibility index (Phi) is 3.76. The summed E-state index contributed by atoms with van der Waals surface area (Å²) < 4.78 is 5.71. The van der Waals surface area contributed by atoms with Gasteiger partial charge >= 0.3 is 5.97 Å². The molecule has 1 saturated heterocycles. The van der Waals surface area contributed by atoms with Crippen LogP contribution in [0, 0.1) is 0 Å². The van der Waals surface area contributed by atoms with Gasteiger partial charge in [0.05, 0.1) is 0 Å². The number of aromatic nitrogens is 2. The lowest BCUT2D eigenvalue weighted by Gasteiger charge is -2.28. The number of ether oxygens (including phenoxy) is 1. The van der Waals surface area contributed by atoms with E-state index in [2.05, 4.69) is 9.97 Å². The summed E-state index contributed by atoms with van der Waals surface area (Å²) in [5, 5.41) is 10.3. The number of fused-ring (bicyclic) bond motifs is 1. The number of aromatic amines is 1. The number of carbonyl (C=O) groups excluding carboxylic acids is 1. The summed E-state index contributed by atoms with van der Waals surface area (Å²) in [6.07, 6.45) is 7.99. The summed E-state index contributed by atoms with van der Waals surface area (Å²) in [6, 6.07) is 3.68. The molecule has 2 aliphatic heterocycles. The van der Waals surface area contributed by atoms with E-state index in [4.69, 9.17) is 4.74 Å². The number of nitrogens with zero attached hydrogens (tertiary/aromatic N) is 2. The van der Waals surface area contributed by atoms with E-state index in [1.165, 1.54) is 0 Å². The van der Waals surface area contributed by atoms with Crippen molar-refractivity contribution >= 4 is 28.9 Å². The molecule has 25 heavy (non-hydrogen) atoms. The molecule has 0 amide bonds. The lowest BCUT2D eigenvalue weighted by Crippen LogP contribution is -2.30. The Bertz CT molecular complexity index is 919. The standard InChI is InChI=1S/C18H17N3O4/c22-15-13(9-11-10-20-16-12(11)5-4-6-19-16)25-17(14(15)18(23)24)21-7-2-1-3-8-21/h4-6,9-10H,1-3,7-8H2,(H,19,20)(H,23,24)/b13-9-. The molecular formula is C18H17N3O4. The van der Waals surface area contributed by atoms with Crippen molar-refractivity contribution < 1.29 is 19.4 Å². The van der Waals surface area contributed by atoms with Gasteiger partial charge in [0, 0.05) is 36.4 Å². The van der Waals surface area contributed by atoms with E-state index in [1.54, 1.807) is 24.5 Å². The van der Waals surface area contributed by atoms with Crippen LogP contribution < -0.4 is 0 Å². The van der Waals surface area contributed by atoms with E-state index in [0.717, 1.165) is 30.2 Å². The fraction of sp³-hybridized carbons (Fsp3) is 0.278. The fourth-order valence-corrected chi connectivity index (χ4v) is 3.26. The van der Waals surface area contributed by atoms with Gasteiger partial charge in [-0.25, -0.2) is 9.78 Å². The van der Waals surface area contributed by atoms with E-state index in [1.807, 2.05) is 11.0 Å². The van der Waals surface area contributed by atoms with Gasteiger partial charge in [0.1, 0.15) is 5.65 Å². The first-order valence-electron chi connectivity index (χ1n) is 8.24. The van der Waals surface area contributed by atoms with E-state index in [0.29, 0.717) is 18.7 Å². The predicted octanol–water partition coefficient (Wildman–Crippen LogP) is 2.29. The second-order valence-electron chi connectivity index (χ2n) is 6.12. The molecule has 2 N–H and O–H groups in total. The summed E-state index contributed by atoms with van der Waals surface area (Å²) in [4.78, 5) is 33.3. The Hall–Kier alpha value is -3.09. The van der Waals surface area contributed by atoms with Crippen molar-refractivity contribution in [1.29, 1.82) is 0 Å². The highest BCUT2D eigenvalue weighted by molar-refractivity contribution is 6.26. The number of hydrogen-bond acceptors (Lipinski definition) is 5. The number of carboxylic acids is 1. The molecule has 0 atom stereocenters. The third kappa shape index (κ3) is 2.67. The molecule has 0 unspecified atom stereocenters. The molecule has 2 aromatic rings. The lowest BCUT2D eigenvalue weighted by atomic mass is 10.1. The summed E-state index contributed by atoms with van der Waals surface area (Å²) in [5.41, 5.74) is 1.14. The van der Waals surface area contributed by atoms with Crippen LogP contribution >= 0.6 is 0 Å². The topological polar surface area (TPSA) is 95.5 Å². The highest BCUT2D eigenvalue weighted by Crippen LogP contribution is 2.31. The number of carbonyl (C=O) groups is 2. The zero-order valence-corrected chi connectivity index (χ0v) is 13.5. The molecule has 0 aromatic carbocycles. The molecule has 2 aromatic heterocycles. The normalized spacial score (nSPS) is 19.8. The average Bonchev–Trinajstić information content (AvgIpc) is 3.18. The van der Waals surface area contributed by atoms with E-state index in [9.17, 15) is 14.7 Å². The van der Waals surface area contributed by atoms with Crippen LogP contribution in [0.5, 0.6) is 0 Å². The quantitative estimate of drug-likeness (QED) is 0.658. The van der Waals surface area contributed by atoms with Gasteiger partial charge < -0.3 is 19.7 Å². The first-order chi connectivity index (χ1) is 12.1. The van der Waals surface area contributed by atoms with Crippen LogP contribution in [0.3, 0.4) is 0 Å². The molecule has 0 spiro atoms. The first-order valence-corrected chi connectivity index (χ1v) is 8.24. The van der Waals surface area contributed by atoms with Gasteiger partial charge in [0.25, 0.3) is 0 Å². The van der Waals surface area contributed by atoms with Gasteiger partial charge in [-0.05, 0) is 37.5 Å². The number of Topliss-reactive ketones (excluding diaryl/α,β-unsaturated/α-hetero) is 1. The monoisotopic (exact) mass is 339 g/mol. The SMILES string of the molecule is O=C(O)C1=C(N2CCCCC2)O/C(=C\c2c[nH]c3ncccc23)C1=O. The van der Waals surface area contributed by atoms with Gasteiger partial charge in [-0.1, -0.05) is 0 Å². The Morgan fingerprint density at radius 1 is 1.32 bits per heavy atom. The van der Waals surface area contributed by atoms with Crippen LogP contribution in [0.15, 0.2) is 41.7 Å². The number of ketones is 1. The molecule has 128 valence electrons. The first kappa shape index (κ1) is 15.4. The Morgan fingerprint density at radius 2 is 2.12 bits per heavy atom. The number of rotatable bonds is 3. The number of pyridine rings is 1. The smallest absolute Gasteiger partial charge is 0.345 e. The zero-order valence-electron chi connectivity index (χ0n) is 13.5. The van der Waals surface area contributed by atoms with Crippen LogP contribution in [-0.4, -0.2) is 44.8 Å². The molecule has 7 nitrogen and oxygen atoms in total. The number of hydrogen-bond donors (Lipinski definition) is 2. The number of H-pyrrole nitrogens is 1. The number of nitrogens with one attached hydrogen (secondary N) is 1. The third-order valence-electron chi connectivity index (χ3n) is 4.50. The van der Waals surface area contributed by atoms with Gasteiger partial charge in [0.2, 0.25) is 11.7 Å². The Balaban J connectivity index is 1.71. The molecule has 2 aliphatic rings. The molecule has 1 fully saturated rings. The molecule has 7 heteroatoms. The summed E-state index contributed by atoms with van der Waals surface area (Å²) in [6.45, 7) is 1.40. The Morgan fingerprint density at radius 3 is 2.88 bits per heavy atom. The van der Waals surface area contributed by atoms with Crippen LogP contribution in [0.2, 0.25) is 0 Å². The zero-order chi connectivity index (χ0) is 17.4. The highest BCUT2D eigenvalue weighted by Gasteiger charge is 2.38. The van der Waals surface area contributed by atoms with E-state index in [-0.39, 0.29) is 17.2 Å². The molecule has 0 bridgehead atoms. The van der Waals surface area contributed by atoms with E-state index >= 15 is 0 Å². The van der Waals surface area contributed by atoms with Crippen molar-refractivity contribution in [2.75, 3.05) is 13.1 Å². The predicted molar refractivity (Wildman–Crippen MR) is 90.2 cm³/mol.